The number of anilines is 1. The van der Waals surface area contributed by atoms with Crippen molar-refractivity contribution < 1.29 is 9.84 Å². The summed E-state index contributed by atoms with van der Waals surface area (Å²) in [5.74, 6) is 0.769. The molecule has 1 aromatic heterocycles. The van der Waals surface area contributed by atoms with Crippen molar-refractivity contribution >= 4 is 5.69 Å². The number of nitrogens with zero attached hydrogens (tertiary/aromatic N) is 3. The van der Waals surface area contributed by atoms with E-state index >= 15 is 0 Å². The fraction of sp³-hybridized carbons (Fsp3) is 0.263. The molecule has 2 atom stereocenters. The normalized spacial score (nSPS) is 19.4. The largest absolute Gasteiger partial charge is 0.497 e. The van der Waals surface area contributed by atoms with Crippen LogP contribution < -0.4 is 10.5 Å². The highest BCUT2D eigenvalue weighted by atomic mass is 16.5. The van der Waals surface area contributed by atoms with Crippen LogP contribution in [0.25, 0.3) is 11.3 Å². The zero-order valence-corrected chi connectivity index (χ0v) is 14.0. The number of aromatic nitrogens is 3. The van der Waals surface area contributed by atoms with Gasteiger partial charge in [0, 0.05) is 11.3 Å². The van der Waals surface area contributed by atoms with Gasteiger partial charge in [-0.15, -0.1) is 5.10 Å². The lowest BCUT2D eigenvalue weighted by atomic mass is 9.85. The third-order valence-electron chi connectivity index (χ3n) is 4.78. The molecule has 4 rings (SSSR count). The lowest BCUT2D eigenvalue weighted by Crippen LogP contribution is -2.31. The molecule has 0 saturated heterocycles. The summed E-state index contributed by atoms with van der Waals surface area (Å²) in [6, 6.07) is 13.2. The minimum atomic E-state index is -0.526. The van der Waals surface area contributed by atoms with E-state index in [0.717, 1.165) is 23.3 Å². The maximum atomic E-state index is 10.6. The van der Waals surface area contributed by atoms with Gasteiger partial charge in [-0.25, -0.2) is 4.68 Å². The third kappa shape index (κ3) is 2.74. The first-order valence-corrected chi connectivity index (χ1v) is 8.29. The standard InChI is InChI=1S/C19H20N4O2/c1-25-13-8-6-12-7-9-18(24)19(15(12)10-13)23-11-17(21-22-23)14-4-2-3-5-16(14)20/h2-6,8,10-11,18-19,24H,7,9,20H2,1H3/t18-,19-/m1/s1. The molecule has 0 radical (unpaired) electrons. The smallest absolute Gasteiger partial charge is 0.119 e. The molecule has 1 aliphatic rings. The van der Waals surface area contributed by atoms with Crippen LogP contribution in [0, 0.1) is 0 Å². The van der Waals surface area contributed by atoms with Crippen LogP contribution in [-0.2, 0) is 6.42 Å². The molecule has 0 saturated carbocycles. The Morgan fingerprint density at radius 1 is 1.24 bits per heavy atom. The Bertz CT molecular complexity index is 906. The van der Waals surface area contributed by atoms with E-state index in [1.807, 2.05) is 42.6 Å². The molecule has 0 bridgehead atoms. The summed E-state index contributed by atoms with van der Waals surface area (Å²) in [6.45, 7) is 0. The topological polar surface area (TPSA) is 86.2 Å². The summed E-state index contributed by atoms with van der Waals surface area (Å²) in [5, 5.41) is 19.1. The number of ether oxygens (including phenoxy) is 1. The molecule has 1 aliphatic carbocycles. The number of aryl methyl sites for hydroxylation is 1. The molecular weight excluding hydrogens is 316 g/mol. The van der Waals surface area contributed by atoms with Gasteiger partial charge >= 0.3 is 0 Å². The van der Waals surface area contributed by atoms with Crippen LogP contribution in [0.4, 0.5) is 5.69 Å². The van der Waals surface area contributed by atoms with Crippen molar-refractivity contribution in [3.8, 4) is 17.0 Å². The number of hydrogen-bond acceptors (Lipinski definition) is 5. The van der Waals surface area contributed by atoms with Crippen molar-refractivity contribution in [2.24, 2.45) is 0 Å². The van der Waals surface area contributed by atoms with Crippen molar-refractivity contribution in [2.75, 3.05) is 12.8 Å². The van der Waals surface area contributed by atoms with E-state index in [1.54, 1.807) is 11.8 Å². The first-order valence-electron chi connectivity index (χ1n) is 8.29. The highest BCUT2D eigenvalue weighted by molar-refractivity contribution is 5.72. The number of para-hydroxylation sites is 1. The highest BCUT2D eigenvalue weighted by Gasteiger charge is 2.31. The number of nitrogen functional groups attached to an aromatic ring is 1. The van der Waals surface area contributed by atoms with Crippen molar-refractivity contribution in [3.05, 3.63) is 59.8 Å². The van der Waals surface area contributed by atoms with Crippen molar-refractivity contribution in [2.45, 2.75) is 25.0 Å². The van der Waals surface area contributed by atoms with E-state index < -0.39 is 6.10 Å². The number of fused-ring (bicyclic) bond motifs is 1. The number of hydrogen-bond donors (Lipinski definition) is 2. The zero-order valence-electron chi connectivity index (χ0n) is 14.0. The molecule has 6 heteroatoms. The van der Waals surface area contributed by atoms with Crippen LogP contribution in [0.5, 0.6) is 5.75 Å². The van der Waals surface area contributed by atoms with Crippen molar-refractivity contribution in [3.63, 3.8) is 0 Å². The van der Waals surface area contributed by atoms with Crippen LogP contribution in [0.2, 0.25) is 0 Å². The van der Waals surface area contributed by atoms with E-state index in [-0.39, 0.29) is 6.04 Å². The molecule has 0 fully saturated rings. The monoisotopic (exact) mass is 336 g/mol. The van der Waals surface area contributed by atoms with Gasteiger partial charge in [-0.05, 0) is 42.2 Å². The predicted octanol–water partition coefficient (Wildman–Crippen LogP) is 2.43. The van der Waals surface area contributed by atoms with Crippen LogP contribution >= 0.6 is 0 Å². The summed E-state index contributed by atoms with van der Waals surface area (Å²) >= 11 is 0. The summed E-state index contributed by atoms with van der Waals surface area (Å²) in [6.07, 6.45) is 2.84. The molecule has 1 heterocycles. The first-order chi connectivity index (χ1) is 12.2. The van der Waals surface area contributed by atoms with E-state index in [9.17, 15) is 5.11 Å². The van der Waals surface area contributed by atoms with Gasteiger partial charge in [0.1, 0.15) is 17.5 Å². The molecule has 25 heavy (non-hydrogen) atoms. The van der Waals surface area contributed by atoms with Gasteiger partial charge in [-0.2, -0.15) is 0 Å². The Balaban J connectivity index is 1.77. The minimum absolute atomic E-state index is 0.287. The molecule has 3 aromatic rings. The summed E-state index contributed by atoms with van der Waals surface area (Å²) in [4.78, 5) is 0. The summed E-state index contributed by atoms with van der Waals surface area (Å²) in [5.41, 5.74) is 10.5. The maximum absolute atomic E-state index is 10.6. The van der Waals surface area contributed by atoms with Crippen molar-refractivity contribution in [1.82, 2.24) is 15.0 Å². The number of nitrogens with two attached hydrogens (primary N) is 1. The second kappa shape index (κ2) is 6.22. The van der Waals surface area contributed by atoms with Crippen LogP contribution in [-0.4, -0.2) is 33.3 Å². The number of aliphatic hydroxyl groups is 1. The van der Waals surface area contributed by atoms with E-state index in [0.29, 0.717) is 17.8 Å². The number of rotatable bonds is 3. The zero-order chi connectivity index (χ0) is 17.4. The average Bonchev–Trinajstić information content (AvgIpc) is 3.10. The Labute approximate surface area is 145 Å². The summed E-state index contributed by atoms with van der Waals surface area (Å²) in [7, 11) is 1.64. The number of methoxy groups -OCH3 is 1. The lowest BCUT2D eigenvalue weighted by molar-refractivity contribution is 0.107. The van der Waals surface area contributed by atoms with Crippen molar-refractivity contribution in [1.29, 1.82) is 0 Å². The highest BCUT2D eigenvalue weighted by Crippen LogP contribution is 2.36. The average molecular weight is 336 g/mol. The molecule has 3 N–H and O–H groups in total. The fourth-order valence-electron chi connectivity index (χ4n) is 3.46. The van der Waals surface area contributed by atoms with Gasteiger partial charge in [0.15, 0.2) is 0 Å². The third-order valence-corrected chi connectivity index (χ3v) is 4.78. The Morgan fingerprint density at radius 2 is 2.08 bits per heavy atom. The Morgan fingerprint density at radius 3 is 2.88 bits per heavy atom. The molecule has 0 spiro atoms. The predicted molar refractivity (Wildman–Crippen MR) is 95.3 cm³/mol. The van der Waals surface area contributed by atoms with Crippen LogP contribution in [0.15, 0.2) is 48.7 Å². The molecule has 0 aliphatic heterocycles. The SMILES string of the molecule is COc1ccc2c(c1)[C@@H](n1cc(-c3ccccc3N)nn1)[C@H](O)CC2. The van der Waals surface area contributed by atoms with Gasteiger partial charge in [0.25, 0.3) is 0 Å². The van der Waals surface area contributed by atoms with Gasteiger partial charge < -0.3 is 15.6 Å². The Kier molecular flexibility index (Phi) is 3.89. The second-order valence-corrected chi connectivity index (χ2v) is 6.29. The Hall–Kier alpha value is -2.86. The maximum Gasteiger partial charge on any atom is 0.119 e. The molecule has 128 valence electrons. The van der Waals surface area contributed by atoms with Crippen LogP contribution in [0.1, 0.15) is 23.6 Å². The molecule has 0 amide bonds. The van der Waals surface area contributed by atoms with E-state index in [1.165, 1.54) is 5.56 Å². The van der Waals surface area contributed by atoms with E-state index in [2.05, 4.69) is 16.4 Å². The molecule has 0 unspecified atom stereocenters. The molecule has 2 aromatic carbocycles. The minimum Gasteiger partial charge on any atom is -0.497 e. The summed E-state index contributed by atoms with van der Waals surface area (Å²) < 4.78 is 7.07. The number of aliphatic hydroxyl groups excluding tert-OH is 1. The molecule has 6 nitrogen and oxygen atoms in total. The van der Waals surface area contributed by atoms with Gasteiger partial charge in [-0.1, -0.05) is 29.5 Å². The first kappa shape index (κ1) is 15.7. The van der Waals surface area contributed by atoms with Gasteiger partial charge in [0.05, 0.1) is 19.4 Å². The van der Waals surface area contributed by atoms with Crippen LogP contribution in [0.3, 0.4) is 0 Å². The fourth-order valence-corrected chi connectivity index (χ4v) is 3.46. The van der Waals surface area contributed by atoms with Gasteiger partial charge in [0.2, 0.25) is 0 Å². The van der Waals surface area contributed by atoms with E-state index in [4.69, 9.17) is 10.5 Å². The lowest BCUT2D eigenvalue weighted by Gasteiger charge is -2.30. The quantitative estimate of drug-likeness (QED) is 0.718. The number of benzene rings is 2. The second-order valence-electron chi connectivity index (χ2n) is 6.29. The molecular formula is C19H20N4O2. The van der Waals surface area contributed by atoms with Gasteiger partial charge in [-0.3, -0.25) is 0 Å².